The molecule has 1 aromatic rings. The largest absolute Gasteiger partial charge is 0.378 e. The second-order valence-corrected chi connectivity index (χ2v) is 8.64. The Morgan fingerprint density at radius 2 is 1.78 bits per heavy atom. The Hall–Kier alpha value is -1.19. The van der Waals surface area contributed by atoms with E-state index >= 15 is 0 Å². The molecular weight excluding hydrogens is 390 g/mol. The SMILES string of the molecule is Cl.NCCCOC1CCN(C(=O)c2ccc(S(=O)(=O)NC3CC3)cc2)CC1. The molecule has 2 aliphatic rings. The number of ether oxygens (including phenoxy) is 1. The van der Waals surface area contributed by atoms with Crippen molar-refractivity contribution in [1.29, 1.82) is 0 Å². The maximum Gasteiger partial charge on any atom is 0.253 e. The summed E-state index contributed by atoms with van der Waals surface area (Å²) < 4.78 is 32.8. The van der Waals surface area contributed by atoms with Crippen LogP contribution in [-0.4, -0.2) is 57.6 Å². The zero-order valence-electron chi connectivity index (χ0n) is 15.3. The zero-order chi connectivity index (χ0) is 18.6. The van der Waals surface area contributed by atoms with Crippen LogP contribution in [0.25, 0.3) is 0 Å². The molecule has 2 fully saturated rings. The van der Waals surface area contributed by atoms with Crippen LogP contribution in [0.4, 0.5) is 0 Å². The Balaban J connectivity index is 0.00000261. The molecule has 0 spiro atoms. The lowest BCUT2D eigenvalue weighted by atomic mass is 10.1. The van der Waals surface area contributed by atoms with Gasteiger partial charge < -0.3 is 15.4 Å². The molecule has 0 aromatic heterocycles. The molecule has 0 radical (unpaired) electrons. The fourth-order valence-electron chi connectivity index (χ4n) is 3.01. The number of sulfonamides is 1. The van der Waals surface area contributed by atoms with Gasteiger partial charge in [-0.15, -0.1) is 12.4 Å². The molecule has 1 aromatic carbocycles. The summed E-state index contributed by atoms with van der Waals surface area (Å²) in [6.07, 6.45) is 4.45. The average Bonchev–Trinajstić information content (AvgIpc) is 3.45. The third-order valence-corrected chi connectivity index (χ3v) is 6.28. The van der Waals surface area contributed by atoms with Crippen LogP contribution < -0.4 is 10.5 Å². The van der Waals surface area contributed by atoms with Crippen LogP contribution in [0.3, 0.4) is 0 Å². The first-order valence-electron chi connectivity index (χ1n) is 9.23. The summed E-state index contributed by atoms with van der Waals surface area (Å²) in [6, 6.07) is 6.25. The molecule has 3 N–H and O–H groups in total. The first kappa shape index (κ1) is 22.1. The maximum absolute atomic E-state index is 12.6. The smallest absolute Gasteiger partial charge is 0.253 e. The predicted octanol–water partition coefficient (Wildman–Crippen LogP) is 1.52. The van der Waals surface area contributed by atoms with Crippen molar-refractivity contribution in [3.63, 3.8) is 0 Å². The summed E-state index contributed by atoms with van der Waals surface area (Å²) in [5.41, 5.74) is 5.97. The molecule has 0 unspecified atom stereocenters. The molecule has 1 saturated carbocycles. The minimum absolute atomic E-state index is 0. The van der Waals surface area contributed by atoms with Gasteiger partial charge in [0.1, 0.15) is 0 Å². The van der Waals surface area contributed by atoms with Crippen LogP contribution in [0.15, 0.2) is 29.2 Å². The fraction of sp³-hybridized carbons (Fsp3) is 0.611. The minimum atomic E-state index is -3.48. The van der Waals surface area contributed by atoms with Crippen LogP contribution in [0, 0.1) is 0 Å². The molecule has 152 valence electrons. The lowest BCUT2D eigenvalue weighted by Gasteiger charge is -2.32. The summed E-state index contributed by atoms with van der Waals surface area (Å²) in [5.74, 6) is -0.0653. The van der Waals surface area contributed by atoms with Gasteiger partial charge in [0.05, 0.1) is 11.0 Å². The van der Waals surface area contributed by atoms with E-state index in [1.807, 2.05) is 0 Å². The van der Waals surface area contributed by atoms with E-state index in [4.69, 9.17) is 10.5 Å². The number of piperidine rings is 1. The van der Waals surface area contributed by atoms with Gasteiger partial charge in [-0.25, -0.2) is 13.1 Å². The number of rotatable bonds is 8. The van der Waals surface area contributed by atoms with E-state index in [1.54, 1.807) is 17.0 Å². The number of nitrogens with two attached hydrogens (primary N) is 1. The van der Waals surface area contributed by atoms with Crippen LogP contribution in [0.1, 0.15) is 42.5 Å². The predicted molar refractivity (Wildman–Crippen MR) is 106 cm³/mol. The standard InChI is InChI=1S/C18H27N3O4S.ClH/c19-10-1-13-25-16-8-11-21(12-9-16)18(22)14-2-6-17(7-3-14)26(23,24)20-15-4-5-15;/h2-3,6-7,15-16,20H,1,4-5,8-13,19H2;1H. The first-order valence-corrected chi connectivity index (χ1v) is 10.7. The number of amides is 1. The Morgan fingerprint density at radius 1 is 1.15 bits per heavy atom. The highest BCUT2D eigenvalue weighted by molar-refractivity contribution is 7.89. The van der Waals surface area contributed by atoms with Gasteiger partial charge in [-0.3, -0.25) is 4.79 Å². The molecular formula is C18H28ClN3O4S. The Bertz CT molecular complexity index is 715. The summed E-state index contributed by atoms with van der Waals surface area (Å²) in [4.78, 5) is 14.6. The average molecular weight is 418 g/mol. The van der Waals surface area contributed by atoms with Crippen molar-refractivity contribution in [1.82, 2.24) is 9.62 Å². The second-order valence-electron chi connectivity index (χ2n) is 6.92. The van der Waals surface area contributed by atoms with Crippen LogP contribution >= 0.6 is 12.4 Å². The lowest BCUT2D eigenvalue weighted by Crippen LogP contribution is -2.41. The lowest BCUT2D eigenvalue weighted by molar-refractivity contribution is 0.00844. The normalized spacial score (nSPS) is 18.2. The summed E-state index contributed by atoms with van der Waals surface area (Å²) in [6.45, 7) is 2.59. The van der Waals surface area contributed by atoms with Crippen molar-refractivity contribution < 1.29 is 17.9 Å². The van der Waals surface area contributed by atoms with E-state index in [1.165, 1.54) is 12.1 Å². The van der Waals surface area contributed by atoms with Crippen molar-refractivity contribution in [3.05, 3.63) is 29.8 Å². The summed E-state index contributed by atoms with van der Waals surface area (Å²) >= 11 is 0. The molecule has 27 heavy (non-hydrogen) atoms. The number of likely N-dealkylation sites (tertiary alicyclic amines) is 1. The van der Waals surface area contributed by atoms with E-state index in [0.29, 0.717) is 31.8 Å². The Morgan fingerprint density at radius 3 is 2.33 bits per heavy atom. The number of carbonyl (C=O) groups excluding carboxylic acids is 1. The molecule has 0 atom stereocenters. The molecule has 1 heterocycles. The molecule has 0 bridgehead atoms. The van der Waals surface area contributed by atoms with Crippen molar-refractivity contribution in [2.75, 3.05) is 26.2 Å². The number of benzene rings is 1. The van der Waals surface area contributed by atoms with E-state index in [0.717, 1.165) is 32.1 Å². The minimum Gasteiger partial charge on any atom is -0.378 e. The van der Waals surface area contributed by atoms with E-state index in [2.05, 4.69) is 4.72 Å². The van der Waals surface area contributed by atoms with E-state index in [9.17, 15) is 13.2 Å². The van der Waals surface area contributed by atoms with Gasteiger partial charge in [0.2, 0.25) is 10.0 Å². The monoisotopic (exact) mass is 417 g/mol. The van der Waals surface area contributed by atoms with Gasteiger partial charge >= 0.3 is 0 Å². The third-order valence-electron chi connectivity index (χ3n) is 4.74. The highest BCUT2D eigenvalue weighted by Crippen LogP contribution is 2.23. The topological polar surface area (TPSA) is 102 Å². The van der Waals surface area contributed by atoms with Gasteiger partial charge in [0.25, 0.3) is 5.91 Å². The molecule has 1 saturated heterocycles. The van der Waals surface area contributed by atoms with Crippen molar-refractivity contribution in [2.45, 2.75) is 49.1 Å². The van der Waals surface area contributed by atoms with Crippen LogP contribution in [0.2, 0.25) is 0 Å². The van der Waals surface area contributed by atoms with Gasteiger partial charge in [-0.1, -0.05) is 0 Å². The van der Waals surface area contributed by atoms with Gasteiger partial charge in [0, 0.05) is 31.3 Å². The van der Waals surface area contributed by atoms with Crippen LogP contribution in [-0.2, 0) is 14.8 Å². The van der Waals surface area contributed by atoms with Gasteiger partial charge in [0.15, 0.2) is 0 Å². The second kappa shape index (κ2) is 9.84. The molecule has 3 rings (SSSR count). The molecule has 1 aliphatic carbocycles. The van der Waals surface area contributed by atoms with Gasteiger partial charge in [-0.2, -0.15) is 0 Å². The molecule has 9 heteroatoms. The van der Waals surface area contributed by atoms with E-state index < -0.39 is 10.0 Å². The maximum atomic E-state index is 12.6. The molecule has 7 nitrogen and oxygen atoms in total. The van der Waals surface area contributed by atoms with Crippen molar-refractivity contribution in [3.8, 4) is 0 Å². The van der Waals surface area contributed by atoms with Crippen molar-refractivity contribution >= 4 is 28.3 Å². The Labute approximate surface area is 167 Å². The number of hydrogen-bond donors (Lipinski definition) is 2. The van der Waals surface area contributed by atoms with E-state index in [-0.39, 0.29) is 35.4 Å². The number of nitrogens with one attached hydrogen (secondary N) is 1. The number of hydrogen-bond acceptors (Lipinski definition) is 5. The highest BCUT2D eigenvalue weighted by atomic mass is 35.5. The summed E-state index contributed by atoms with van der Waals surface area (Å²) in [5, 5.41) is 0. The summed E-state index contributed by atoms with van der Waals surface area (Å²) in [7, 11) is -3.48. The Kier molecular flexibility index (Phi) is 8.05. The third kappa shape index (κ3) is 6.15. The molecule has 1 amide bonds. The quantitative estimate of drug-likeness (QED) is 0.624. The zero-order valence-corrected chi connectivity index (χ0v) is 16.9. The highest BCUT2D eigenvalue weighted by Gasteiger charge is 2.28. The number of nitrogens with zero attached hydrogens (tertiary/aromatic N) is 1. The fourth-order valence-corrected chi connectivity index (χ4v) is 4.31. The van der Waals surface area contributed by atoms with Crippen LogP contribution in [0.5, 0.6) is 0 Å². The first-order chi connectivity index (χ1) is 12.5. The van der Waals surface area contributed by atoms with Gasteiger partial charge in [-0.05, 0) is 62.9 Å². The number of carbonyl (C=O) groups is 1. The molecule has 1 aliphatic heterocycles. The van der Waals surface area contributed by atoms with Crippen molar-refractivity contribution in [2.24, 2.45) is 5.73 Å². The number of halogens is 1.